The average Bonchev–Trinajstić information content (AvgIpc) is 3.28. The van der Waals surface area contributed by atoms with Crippen LogP contribution in [0.2, 0.25) is 10.0 Å². The van der Waals surface area contributed by atoms with Gasteiger partial charge >= 0.3 is 6.03 Å². The first-order valence-corrected chi connectivity index (χ1v) is 10.5. The number of hydrogen-bond donors (Lipinski definition) is 2. The smallest absolute Gasteiger partial charge is 0.321 e. The van der Waals surface area contributed by atoms with Gasteiger partial charge in [0.05, 0.1) is 27.8 Å². The Morgan fingerprint density at radius 3 is 2.65 bits per heavy atom. The summed E-state index contributed by atoms with van der Waals surface area (Å²) in [5.74, 6) is -0.164. The predicted molar refractivity (Wildman–Crippen MR) is 123 cm³/mol. The monoisotopic (exact) mass is 457 g/mol. The number of nitrogens with zero attached hydrogens (tertiary/aromatic N) is 3. The first kappa shape index (κ1) is 21.2. The topological polar surface area (TPSA) is 79.3 Å². The molecule has 7 nitrogen and oxygen atoms in total. The van der Waals surface area contributed by atoms with E-state index in [1.54, 1.807) is 33.8 Å². The van der Waals surface area contributed by atoms with E-state index in [4.69, 9.17) is 23.2 Å². The number of aryl methyl sites for hydroxylation is 1. The van der Waals surface area contributed by atoms with Crippen LogP contribution in [-0.2, 0) is 11.2 Å². The molecular weight excluding hydrogens is 437 g/mol. The third kappa shape index (κ3) is 4.38. The van der Waals surface area contributed by atoms with Crippen molar-refractivity contribution in [1.29, 1.82) is 0 Å². The molecule has 0 aliphatic carbocycles. The fourth-order valence-electron chi connectivity index (χ4n) is 3.63. The third-order valence-corrected chi connectivity index (χ3v) is 5.96. The molecule has 1 aliphatic rings. The highest BCUT2D eigenvalue weighted by Gasteiger charge is 2.21. The lowest BCUT2D eigenvalue weighted by molar-refractivity contribution is -0.115. The van der Waals surface area contributed by atoms with Crippen molar-refractivity contribution in [3.8, 4) is 5.69 Å². The summed E-state index contributed by atoms with van der Waals surface area (Å²) in [7, 11) is 0. The maximum Gasteiger partial charge on any atom is 0.321 e. The van der Waals surface area contributed by atoms with Crippen LogP contribution in [-0.4, -0.2) is 34.8 Å². The van der Waals surface area contributed by atoms with E-state index >= 15 is 0 Å². The lowest BCUT2D eigenvalue weighted by atomic mass is 10.1. The minimum Gasteiger partial charge on any atom is -0.336 e. The standard InChI is InChI=1S/C22H21Cl2N5O2/c1-13-18(14(2)29(27-13)17-6-7-19(23)20(24)11-17)12-21(30)26-15-4-3-5-16(10-15)28-9-8-25-22(28)31/h3-7,10-11H,8-9,12H2,1-2H3,(H,25,31)(H,26,30). The van der Waals surface area contributed by atoms with Crippen LogP contribution in [0.25, 0.3) is 5.69 Å². The van der Waals surface area contributed by atoms with E-state index in [0.29, 0.717) is 28.8 Å². The quantitative estimate of drug-likeness (QED) is 0.591. The molecule has 31 heavy (non-hydrogen) atoms. The van der Waals surface area contributed by atoms with Crippen molar-refractivity contribution in [2.45, 2.75) is 20.3 Å². The first-order chi connectivity index (χ1) is 14.8. The van der Waals surface area contributed by atoms with Crippen LogP contribution in [0.1, 0.15) is 17.0 Å². The van der Waals surface area contributed by atoms with Gasteiger partial charge in [0, 0.05) is 35.7 Å². The lowest BCUT2D eigenvalue weighted by Crippen LogP contribution is -2.27. The molecular formula is C22H21Cl2N5O2. The van der Waals surface area contributed by atoms with Crippen LogP contribution in [0.15, 0.2) is 42.5 Å². The highest BCUT2D eigenvalue weighted by atomic mass is 35.5. The van der Waals surface area contributed by atoms with Crippen LogP contribution in [0.5, 0.6) is 0 Å². The summed E-state index contributed by atoms with van der Waals surface area (Å²) in [5, 5.41) is 11.2. The van der Waals surface area contributed by atoms with Gasteiger partial charge in [-0.2, -0.15) is 5.10 Å². The first-order valence-electron chi connectivity index (χ1n) is 9.79. The summed E-state index contributed by atoms with van der Waals surface area (Å²) in [6, 6.07) is 12.4. The van der Waals surface area contributed by atoms with Crippen molar-refractivity contribution in [2.75, 3.05) is 23.3 Å². The third-order valence-electron chi connectivity index (χ3n) is 5.22. The number of hydrogen-bond acceptors (Lipinski definition) is 3. The molecule has 3 amide bonds. The Morgan fingerprint density at radius 1 is 1.13 bits per heavy atom. The number of halogens is 2. The highest BCUT2D eigenvalue weighted by Crippen LogP contribution is 2.27. The van der Waals surface area contributed by atoms with Gasteiger partial charge in [0.25, 0.3) is 0 Å². The van der Waals surface area contributed by atoms with Crippen LogP contribution in [0.4, 0.5) is 16.2 Å². The molecule has 4 rings (SSSR count). The SMILES string of the molecule is Cc1nn(-c2ccc(Cl)c(Cl)c2)c(C)c1CC(=O)Nc1cccc(N2CCNC2=O)c1. The van der Waals surface area contributed by atoms with Crippen molar-refractivity contribution >= 4 is 46.5 Å². The summed E-state index contributed by atoms with van der Waals surface area (Å²) in [6.45, 7) is 4.99. The van der Waals surface area contributed by atoms with Crippen molar-refractivity contribution < 1.29 is 9.59 Å². The Labute approximate surface area is 189 Å². The molecule has 1 saturated heterocycles. The van der Waals surface area contributed by atoms with Gasteiger partial charge in [-0.15, -0.1) is 0 Å². The normalized spacial score (nSPS) is 13.4. The Morgan fingerprint density at radius 2 is 1.94 bits per heavy atom. The van der Waals surface area contributed by atoms with Crippen LogP contribution < -0.4 is 15.5 Å². The summed E-state index contributed by atoms with van der Waals surface area (Å²) in [5.41, 5.74) is 4.62. The van der Waals surface area contributed by atoms with Crippen LogP contribution >= 0.6 is 23.2 Å². The largest absolute Gasteiger partial charge is 0.336 e. The molecule has 0 atom stereocenters. The Kier molecular flexibility index (Phi) is 5.89. The fraction of sp³-hybridized carbons (Fsp3) is 0.227. The molecule has 160 valence electrons. The Balaban J connectivity index is 1.51. The Bertz CT molecular complexity index is 1170. The van der Waals surface area contributed by atoms with Crippen molar-refractivity contribution in [1.82, 2.24) is 15.1 Å². The molecule has 2 aromatic carbocycles. The minimum atomic E-state index is -0.164. The molecule has 1 fully saturated rings. The summed E-state index contributed by atoms with van der Waals surface area (Å²) >= 11 is 12.2. The summed E-state index contributed by atoms with van der Waals surface area (Å²) < 4.78 is 1.76. The van der Waals surface area contributed by atoms with Gasteiger partial charge in [-0.25, -0.2) is 9.48 Å². The van der Waals surface area contributed by atoms with E-state index in [1.165, 1.54) is 0 Å². The second kappa shape index (κ2) is 8.61. The van der Waals surface area contributed by atoms with Gasteiger partial charge in [0.15, 0.2) is 0 Å². The molecule has 2 heterocycles. The molecule has 3 aromatic rings. The van der Waals surface area contributed by atoms with Gasteiger partial charge in [-0.05, 0) is 50.2 Å². The van der Waals surface area contributed by atoms with E-state index in [9.17, 15) is 9.59 Å². The second-order valence-corrected chi connectivity index (χ2v) is 8.13. The highest BCUT2D eigenvalue weighted by molar-refractivity contribution is 6.42. The predicted octanol–water partition coefficient (Wildman–Crippen LogP) is 4.51. The van der Waals surface area contributed by atoms with E-state index in [0.717, 1.165) is 28.3 Å². The average molecular weight is 458 g/mol. The molecule has 0 spiro atoms. The molecule has 1 aromatic heterocycles. The number of carbonyl (C=O) groups excluding carboxylic acids is 2. The summed E-state index contributed by atoms with van der Waals surface area (Å²) in [6.07, 6.45) is 0.174. The lowest BCUT2D eigenvalue weighted by Gasteiger charge is -2.15. The number of amides is 3. The van der Waals surface area contributed by atoms with Gasteiger partial charge in [-0.1, -0.05) is 29.3 Å². The number of benzene rings is 2. The molecule has 9 heteroatoms. The molecule has 0 radical (unpaired) electrons. The minimum absolute atomic E-state index is 0.135. The molecule has 0 bridgehead atoms. The zero-order valence-corrected chi connectivity index (χ0v) is 18.6. The number of rotatable bonds is 5. The number of carbonyl (C=O) groups is 2. The van der Waals surface area contributed by atoms with E-state index in [-0.39, 0.29) is 18.4 Å². The van der Waals surface area contributed by atoms with Gasteiger partial charge in [0.2, 0.25) is 5.91 Å². The molecule has 0 unspecified atom stereocenters. The maximum atomic E-state index is 12.7. The zero-order chi connectivity index (χ0) is 22.1. The maximum absolute atomic E-state index is 12.7. The molecule has 2 N–H and O–H groups in total. The van der Waals surface area contributed by atoms with Crippen molar-refractivity contribution in [3.05, 3.63) is 69.5 Å². The van der Waals surface area contributed by atoms with Crippen LogP contribution in [0.3, 0.4) is 0 Å². The number of nitrogens with one attached hydrogen (secondary N) is 2. The second-order valence-electron chi connectivity index (χ2n) is 7.32. The van der Waals surface area contributed by atoms with E-state index in [2.05, 4.69) is 15.7 Å². The van der Waals surface area contributed by atoms with Gasteiger partial charge in [-0.3, -0.25) is 9.69 Å². The van der Waals surface area contributed by atoms with Crippen molar-refractivity contribution in [3.63, 3.8) is 0 Å². The number of anilines is 2. The number of aromatic nitrogens is 2. The summed E-state index contributed by atoms with van der Waals surface area (Å²) in [4.78, 5) is 26.3. The molecule has 1 aliphatic heterocycles. The van der Waals surface area contributed by atoms with Crippen molar-refractivity contribution in [2.24, 2.45) is 0 Å². The van der Waals surface area contributed by atoms with Gasteiger partial charge in [0.1, 0.15) is 0 Å². The van der Waals surface area contributed by atoms with Crippen LogP contribution in [0, 0.1) is 13.8 Å². The van der Waals surface area contributed by atoms with E-state index < -0.39 is 0 Å². The Hall–Kier alpha value is -3.03. The fourth-order valence-corrected chi connectivity index (χ4v) is 3.93. The zero-order valence-electron chi connectivity index (χ0n) is 17.1. The van der Waals surface area contributed by atoms with Gasteiger partial charge < -0.3 is 10.6 Å². The number of urea groups is 1. The van der Waals surface area contributed by atoms with E-state index in [1.807, 2.05) is 32.0 Å². The molecule has 0 saturated carbocycles.